The number of pyridine rings is 1. The molecular formula is C11H12N2O3. The summed E-state index contributed by atoms with van der Waals surface area (Å²) < 4.78 is 9.89. The molecule has 5 heteroatoms. The first-order chi connectivity index (χ1) is 7.74. The number of hydrogen-bond acceptors (Lipinski definition) is 4. The number of nitrogens with one attached hydrogen (secondary N) is 1. The number of carbonyl (C=O) groups is 1. The summed E-state index contributed by atoms with van der Waals surface area (Å²) in [4.78, 5) is 18.4. The van der Waals surface area contributed by atoms with Crippen LogP contribution in [0.2, 0.25) is 0 Å². The Morgan fingerprint density at radius 3 is 3.00 bits per heavy atom. The Bertz CT molecular complexity index is 519. The summed E-state index contributed by atoms with van der Waals surface area (Å²) in [6, 6.07) is 3.48. The van der Waals surface area contributed by atoms with Crippen molar-refractivity contribution in [2.45, 2.75) is 6.92 Å². The highest BCUT2D eigenvalue weighted by Gasteiger charge is 2.10. The molecule has 0 unspecified atom stereocenters. The Kier molecular flexibility index (Phi) is 2.76. The van der Waals surface area contributed by atoms with Crippen LogP contribution in [0.3, 0.4) is 0 Å². The van der Waals surface area contributed by atoms with Crippen molar-refractivity contribution in [3.8, 4) is 5.88 Å². The molecule has 0 aliphatic rings. The zero-order valence-corrected chi connectivity index (χ0v) is 9.11. The molecule has 84 valence electrons. The van der Waals surface area contributed by atoms with E-state index < -0.39 is 0 Å². The molecule has 0 aliphatic heterocycles. The number of aromatic nitrogens is 2. The molecular weight excluding hydrogens is 208 g/mol. The standard InChI is InChI=1S/C11H12N2O3/c1-3-16-11(14)8-4-7-5-10(15-2)12-6-9(7)13-8/h4-6,13H,3H2,1-2H3. The number of H-pyrrole nitrogens is 1. The predicted octanol–water partition coefficient (Wildman–Crippen LogP) is 1.75. The summed E-state index contributed by atoms with van der Waals surface area (Å²) in [6.07, 6.45) is 1.62. The largest absolute Gasteiger partial charge is 0.481 e. The minimum absolute atomic E-state index is 0.357. The molecule has 0 atom stereocenters. The number of aromatic amines is 1. The van der Waals surface area contributed by atoms with E-state index in [2.05, 4.69) is 9.97 Å². The summed E-state index contributed by atoms with van der Waals surface area (Å²) in [7, 11) is 1.55. The molecule has 0 spiro atoms. The molecule has 1 N–H and O–H groups in total. The number of esters is 1. The van der Waals surface area contributed by atoms with Crippen molar-refractivity contribution in [1.82, 2.24) is 9.97 Å². The number of nitrogens with zero attached hydrogens (tertiary/aromatic N) is 1. The maximum atomic E-state index is 11.5. The molecule has 2 aromatic heterocycles. The van der Waals surface area contributed by atoms with Gasteiger partial charge in [0.2, 0.25) is 5.88 Å². The van der Waals surface area contributed by atoms with Crippen molar-refractivity contribution in [3.63, 3.8) is 0 Å². The summed E-state index contributed by atoms with van der Waals surface area (Å²) in [5.41, 5.74) is 1.20. The van der Waals surface area contributed by atoms with Gasteiger partial charge in [-0.15, -0.1) is 0 Å². The molecule has 0 saturated carbocycles. The van der Waals surface area contributed by atoms with E-state index in [1.807, 2.05) is 0 Å². The van der Waals surface area contributed by atoms with Gasteiger partial charge in [-0.2, -0.15) is 0 Å². The lowest BCUT2D eigenvalue weighted by atomic mass is 10.3. The maximum Gasteiger partial charge on any atom is 0.354 e. The van der Waals surface area contributed by atoms with Gasteiger partial charge in [-0.05, 0) is 13.0 Å². The molecule has 2 aromatic rings. The number of ether oxygens (including phenoxy) is 2. The lowest BCUT2D eigenvalue weighted by molar-refractivity contribution is 0.0520. The van der Waals surface area contributed by atoms with Crippen LogP contribution in [0.1, 0.15) is 17.4 Å². The van der Waals surface area contributed by atoms with Crippen LogP contribution in [-0.4, -0.2) is 29.7 Å². The fraction of sp³-hybridized carbons (Fsp3) is 0.273. The second-order valence-corrected chi connectivity index (χ2v) is 3.22. The van der Waals surface area contributed by atoms with E-state index in [1.165, 1.54) is 0 Å². The maximum absolute atomic E-state index is 11.5. The lowest BCUT2D eigenvalue weighted by Crippen LogP contribution is -2.04. The molecule has 0 aromatic carbocycles. The number of rotatable bonds is 3. The van der Waals surface area contributed by atoms with Crippen LogP contribution in [0, 0.1) is 0 Å². The molecule has 16 heavy (non-hydrogen) atoms. The molecule has 0 fully saturated rings. The van der Waals surface area contributed by atoms with Gasteiger partial charge in [0, 0.05) is 11.5 Å². The lowest BCUT2D eigenvalue weighted by Gasteiger charge is -1.96. The highest BCUT2D eigenvalue weighted by atomic mass is 16.5. The molecule has 0 saturated heterocycles. The average molecular weight is 220 g/mol. The van der Waals surface area contributed by atoms with Gasteiger partial charge in [0.15, 0.2) is 0 Å². The van der Waals surface area contributed by atoms with Crippen LogP contribution >= 0.6 is 0 Å². The number of hydrogen-bond donors (Lipinski definition) is 1. The Labute approximate surface area is 92.4 Å². The van der Waals surface area contributed by atoms with Gasteiger partial charge in [0.1, 0.15) is 5.69 Å². The first kappa shape index (κ1) is 10.5. The summed E-state index contributed by atoms with van der Waals surface area (Å²) in [5.74, 6) is 0.152. The van der Waals surface area contributed by atoms with Gasteiger partial charge in [0.05, 0.1) is 25.4 Å². The van der Waals surface area contributed by atoms with E-state index in [0.29, 0.717) is 18.2 Å². The highest BCUT2D eigenvalue weighted by molar-refractivity contribution is 5.94. The van der Waals surface area contributed by atoms with Crippen LogP contribution in [0.25, 0.3) is 10.9 Å². The van der Waals surface area contributed by atoms with E-state index in [0.717, 1.165) is 10.9 Å². The molecule has 0 bridgehead atoms. The van der Waals surface area contributed by atoms with Crippen LogP contribution in [0.4, 0.5) is 0 Å². The zero-order chi connectivity index (χ0) is 11.5. The van der Waals surface area contributed by atoms with E-state index >= 15 is 0 Å². The van der Waals surface area contributed by atoms with Gasteiger partial charge < -0.3 is 14.5 Å². The minimum atomic E-state index is -0.363. The van der Waals surface area contributed by atoms with Crippen molar-refractivity contribution in [1.29, 1.82) is 0 Å². The molecule has 0 radical (unpaired) electrons. The van der Waals surface area contributed by atoms with Crippen molar-refractivity contribution >= 4 is 16.9 Å². The van der Waals surface area contributed by atoms with Crippen molar-refractivity contribution in [3.05, 3.63) is 24.0 Å². The molecule has 0 aliphatic carbocycles. The Morgan fingerprint density at radius 2 is 2.31 bits per heavy atom. The van der Waals surface area contributed by atoms with Crippen LogP contribution in [0.15, 0.2) is 18.3 Å². The predicted molar refractivity (Wildman–Crippen MR) is 58.6 cm³/mol. The van der Waals surface area contributed by atoms with Gasteiger partial charge >= 0.3 is 5.97 Å². The number of carbonyl (C=O) groups excluding carboxylic acids is 1. The fourth-order valence-electron chi connectivity index (χ4n) is 1.44. The SMILES string of the molecule is CCOC(=O)c1cc2cc(OC)ncc2[nH]1. The molecule has 2 rings (SSSR count). The second kappa shape index (κ2) is 4.22. The Hall–Kier alpha value is -2.04. The Balaban J connectivity index is 2.39. The van der Waals surface area contributed by atoms with Gasteiger partial charge in [-0.1, -0.05) is 0 Å². The van der Waals surface area contributed by atoms with E-state index in [-0.39, 0.29) is 5.97 Å². The van der Waals surface area contributed by atoms with Crippen molar-refractivity contribution < 1.29 is 14.3 Å². The smallest absolute Gasteiger partial charge is 0.354 e. The topological polar surface area (TPSA) is 64.2 Å². The van der Waals surface area contributed by atoms with E-state index in [9.17, 15) is 4.79 Å². The third-order valence-electron chi connectivity index (χ3n) is 2.18. The molecule has 0 amide bonds. The normalized spacial score (nSPS) is 10.4. The summed E-state index contributed by atoms with van der Waals surface area (Å²) in [6.45, 7) is 2.13. The van der Waals surface area contributed by atoms with Crippen molar-refractivity contribution in [2.75, 3.05) is 13.7 Å². The minimum Gasteiger partial charge on any atom is -0.481 e. The summed E-state index contributed by atoms with van der Waals surface area (Å²) in [5, 5.41) is 0.870. The Morgan fingerprint density at radius 1 is 1.50 bits per heavy atom. The van der Waals surface area contributed by atoms with Crippen molar-refractivity contribution in [2.24, 2.45) is 0 Å². The number of methoxy groups -OCH3 is 1. The molecule has 5 nitrogen and oxygen atoms in total. The number of fused-ring (bicyclic) bond motifs is 1. The highest BCUT2D eigenvalue weighted by Crippen LogP contribution is 2.19. The second-order valence-electron chi connectivity index (χ2n) is 3.22. The van der Waals surface area contributed by atoms with Crippen LogP contribution in [-0.2, 0) is 4.74 Å². The van der Waals surface area contributed by atoms with Gasteiger partial charge in [-0.25, -0.2) is 9.78 Å². The third kappa shape index (κ3) is 1.84. The zero-order valence-electron chi connectivity index (χ0n) is 9.11. The van der Waals surface area contributed by atoms with E-state index in [4.69, 9.17) is 9.47 Å². The third-order valence-corrected chi connectivity index (χ3v) is 2.18. The van der Waals surface area contributed by atoms with E-state index in [1.54, 1.807) is 32.4 Å². The quantitative estimate of drug-likeness (QED) is 0.800. The van der Waals surface area contributed by atoms with Gasteiger partial charge in [0.25, 0.3) is 0 Å². The fourth-order valence-corrected chi connectivity index (χ4v) is 1.44. The van der Waals surface area contributed by atoms with Crippen LogP contribution < -0.4 is 4.74 Å². The van der Waals surface area contributed by atoms with Gasteiger partial charge in [-0.3, -0.25) is 0 Å². The molecule has 2 heterocycles. The first-order valence-electron chi connectivity index (χ1n) is 4.94. The average Bonchev–Trinajstić information content (AvgIpc) is 2.71. The first-order valence-corrected chi connectivity index (χ1v) is 4.94. The summed E-state index contributed by atoms with van der Waals surface area (Å²) >= 11 is 0. The van der Waals surface area contributed by atoms with Crippen LogP contribution in [0.5, 0.6) is 5.88 Å². The monoisotopic (exact) mass is 220 g/mol.